The molecule has 0 unspecified atom stereocenters. The summed E-state index contributed by atoms with van der Waals surface area (Å²) >= 11 is 0. The number of piperidine rings is 1. The number of nitrogens with zero attached hydrogens (tertiary/aromatic N) is 3. The highest BCUT2D eigenvalue weighted by Gasteiger charge is 2.26. The Morgan fingerprint density at radius 2 is 2.29 bits per heavy atom. The first-order chi connectivity index (χ1) is 8.09. The van der Waals surface area contributed by atoms with Crippen LogP contribution in [0.15, 0.2) is 12.3 Å². The topological polar surface area (TPSA) is 38.2 Å². The van der Waals surface area contributed by atoms with Gasteiger partial charge in [0.15, 0.2) is 0 Å². The number of rotatable bonds is 3. The first-order valence-electron chi connectivity index (χ1n) is 6.17. The second kappa shape index (κ2) is 5.00. The largest absolute Gasteiger partial charge is 0.467 e. The molecule has 0 radical (unpaired) electrons. The average molecular weight is 235 g/mol. The maximum absolute atomic E-state index is 5.04. The van der Waals surface area contributed by atoms with Gasteiger partial charge in [-0.3, -0.25) is 4.90 Å². The quantitative estimate of drug-likeness (QED) is 0.804. The summed E-state index contributed by atoms with van der Waals surface area (Å²) in [7, 11) is 1.60. The highest BCUT2D eigenvalue weighted by atomic mass is 16.5. The van der Waals surface area contributed by atoms with Crippen molar-refractivity contribution in [1.82, 2.24) is 14.9 Å². The van der Waals surface area contributed by atoms with E-state index in [1.165, 1.54) is 12.8 Å². The SMILES string of the molecule is COc1nccc(CN2CCCC(C)(C)C2)n1. The van der Waals surface area contributed by atoms with E-state index < -0.39 is 0 Å². The second-order valence-electron chi connectivity index (χ2n) is 5.51. The molecule has 0 N–H and O–H groups in total. The lowest BCUT2D eigenvalue weighted by Gasteiger charge is -2.37. The molecule has 0 aromatic carbocycles. The number of likely N-dealkylation sites (tertiary alicyclic amines) is 1. The van der Waals surface area contributed by atoms with Crippen LogP contribution < -0.4 is 4.74 Å². The van der Waals surface area contributed by atoms with Crippen molar-refractivity contribution in [3.05, 3.63) is 18.0 Å². The van der Waals surface area contributed by atoms with Gasteiger partial charge in [0.2, 0.25) is 0 Å². The Morgan fingerprint density at radius 3 is 3.00 bits per heavy atom. The van der Waals surface area contributed by atoms with E-state index >= 15 is 0 Å². The molecule has 2 heterocycles. The van der Waals surface area contributed by atoms with Gasteiger partial charge in [-0.05, 0) is 30.9 Å². The minimum absolute atomic E-state index is 0.426. The summed E-state index contributed by atoms with van der Waals surface area (Å²) < 4.78 is 5.04. The minimum Gasteiger partial charge on any atom is -0.467 e. The molecule has 0 amide bonds. The van der Waals surface area contributed by atoms with Crippen LogP contribution in [0.3, 0.4) is 0 Å². The van der Waals surface area contributed by atoms with Crippen LogP contribution in [0.25, 0.3) is 0 Å². The van der Waals surface area contributed by atoms with Crippen molar-refractivity contribution in [2.24, 2.45) is 5.41 Å². The molecule has 1 aliphatic rings. The standard InChI is InChI=1S/C13H21N3O/c1-13(2)6-4-8-16(10-13)9-11-5-7-14-12(15-11)17-3/h5,7H,4,6,8-10H2,1-3H3. The van der Waals surface area contributed by atoms with Gasteiger partial charge in [0.1, 0.15) is 0 Å². The Labute approximate surface area is 103 Å². The first kappa shape index (κ1) is 12.3. The van der Waals surface area contributed by atoms with E-state index in [0.29, 0.717) is 11.4 Å². The van der Waals surface area contributed by atoms with Gasteiger partial charge in [0.05, 0.1) is 12.8 Å². The van der Waals surface area contributed by atoms with Gasteiger partial charge in [0.25, 0.3) is 0 Å². The van der Waals surface area contributed by atoms with Crippen molar-refractivity contribution >= 4 is 0 Å². The van der Waals surface area contributed by atoms with E-state index in [9.17, 15) is 0 Å². The van der Waals surface area contributed by atoms with Gasteiger partial charge in [-0.15, -0.1) is 0 Å². The van der Waals surface area contributed by atoms with Crippen molar-refractivity contribution < 1.29 is 4.74 Å². The van der Waals surface area contributed by atoms with E-state index in [0.717, 1.165) is 25.3 Å². The maximum Gasteiger partial charge on any atom is 0.316 e. The molecule has 0 aliphatic carbocycles. The Morgan fingerprint density at radius 1 is 1.47 bits per heavy atom. The van der Waals surface area contributed by atoms with Crippen molar-refractivity contribution in [3.8, 4) is 6.01 Å². The van der Waals surface area contributed by atoms with E-state index in [1.54, 1.807) is 13.3 Å². The van der Waals surface area contributed by atoms with Crippen molar-refractivity contribution in [1.29, 1.82) is 0 Å². The molecule has 1 aromatic rings. The van der Waals surface area contributed by atoms with Gasteiger partial charge < -0.3 is 4.74 Å². The molecule has 0 spiro atoms. The molecule has 2 rings (SSSR count). The molecule has 17 heavy (non-hydrogen) atoms. The third kappa shape index (κ3) is 3.40. The monoisotopic (exact) mass is 235 g/mol. The lowest BCUT2D eigenvalue weighted by Crippen LogP contribution is -2.39. The van der Waals surface area contributed by atoms with Gasteiger partial charge in [-0.1, -0.05) is 13.8 Å². The molecule has 4 nitrogen and oxygen atoms in total. The molecule has 4 heteroatoms. The van der Waals surface area contributed by atoms with Crippen LogP contribution in [0.2, 0.25) is 0 Å². The van der Waals surface area contributed by atoms with Crippen LogP contribution in [0.1, 0.15) is 32.4 Å². The van der Waals surface area contributed by atoms with Crippen LogP contribution in [0, 0.1) is 5.41 Å². The zero-order valence-electron chi connectivity index (χ0n) is 10.9. The molecular formula is C13H21N3O. The predicted octanol–water partition coefficient (Wildman–Crippen LogP) is 2.11. The van der Waals surface area contributed by atoms with Crippen LogP contribution >= 0.6 is 0 Å². The highest BCUT2D eigenvalue weighted by molar-refractivity contribution is 5.05. The van der Waals surface area contributed by atoms with Crippen molar-refractivity contribution in [2.45, 2.75) is 33.2 Å². The summed E-state index contributed by atoms with van der Waals surface area (Å²) in [5.41, 5.74) is 1.46. The fourth-order valence-corrected chi connectivity index (χ4v) is 2.47. The van der Waals surface area contributed by atoms with Gasteiger partial charge in [-0.2, -0.15) is 4.98 Å². The summed E-state index contributed by atoms with van der Waals surface area (Å²) in [5, 5.41) is 0. The minimum atomic E-state index is 0.426. The Kier molecular flexibility index (Phi) is 3.62. The lowest BCUT2D eigenvalue weighted by atomic mass is 9.84. The normalized spacial score (nSPS) is 20.2. The summed E-state index contributed by atoms with van der Waals surface area (Å²) in [4.78, 5) is 10.8. The molecule has 0 atom stereocenters. The summed E-state index contributed by atoms with van der Waals surface area (Å²) in [6.45, 7) is 7.86. The Hall–Kier alpha value is -1.16. The van der Waals surface area contributed by atoms with Crippen molar-refractivity contribution in [3.63, 3.8) is 0 Å². The second-order valence-corrected chi connectivity index (χ2v) is 5.51. The van der Waals surface area contributed by atoms with Crippen LogP contribution in [-0.4, -0.2) is 35.1 Å². The highest BCUT2D eigenvalue weighted by Crippen LogP contribution is 2.28. The van der Waals surface area contributed by atoms with Gasteiger partial charge >= 0.3 is 6.01 Å². The fourth-order valence-electron chi connectivity index (χ4n) is 2.47. The Balaban J connectivity index is 2.00. The lowest BCUT2D eigenvalue weighted by molar-refractivity contribution is 0.110. The van der Waals surface area contributed by atoms with Crippen LogP contribution in [0.5, 0.6) is 6.01 Å². The number of hydrogen-bond acceptors (Lipinski definition) is 4. The first-order valence-corrected chi connectivity index (χ1v) is 6.17. The molecule has 0 saturated carbocycles. The van der Waals surface area contributed by atoms with E-state index in [2.05, 4.69) is 28.7 Å². The maximum atomic E-state index is 5.04. The third-order valence-electron chi connectivity index (χ3n) is 3.24. The van der Waals surface area contributed by atoms with Crippen molar-refractivity contribution in [2.75, 3.05) is 20.2 Å². The fraction of sp³-hybridized carbons (Fsp3) is 0.692. The van der Waals surface area contributed by atoms with Crippen LogP contribution in [0.4, 0.5) is 0 Å². The molecule has 0 bridgehead atoms. The molecule has 94 valence electrons. The van der Waals surface area contributed by atoms with E-state index in [4.69, 9.17) is 4.74 Å². The predicted molar refractivity (Wildman–Crippen MR) is 66.9 cm³/mol. The van der Waals surface area contributed by atoms with Crippen LogP contribution in [-0.2, 0) is 6.54 Å². The average Bonchev–Trinajstić information content (AvgIpc) is 2.28. The van der Waals surface area contributed by atoms with Gasteiger partial charge in [0, 0.05) is 19.3 Å². The smallest absolute Gasteiger partial charge is 0.316 e. The molecule has 1 saturated heterocycles. The summed E-state index contributed by atoms with van der Waals surface area (Å²) in [6.07, 6.45) is 4.35. The molecular weight excluding hydrogens is 214 g/mol. The zero-order chi connectivity index (χ0) is 12.3. The molecule has 1 aliphatic heterocycles. The number of aromatic nitrogens is 2. The molecule has 1 fully saturated rings. The number of hydrogen-bond donors (Lipinski definition) is 0. The third-order valence-corrected chi connectivity index (χ3v) is 3.24. The zero-order valence-corrected chi connectivity index (χ0v) is 10.9. The molecule has 1 aromatic heterocycles. The number of methoxy groups -OCH3 is 1. The van der Waals surface area contributed by atoms with E-state index in [-0.39, 0.29) is 0 Å². The van der Waals surface area contributed by atoms with E-state index in [1.807, 2.05) is 6.07 Å². The van der Waals surface area contributed by atoms with Gasteiger partial charge in [-0.25, -0.2) is 4.98 Å². The Bertz CT molecular complexity index is 379. The summed E-state index contributed by atoms with van der Waals surface area (Å²) in [6, 6.07) is 2.42. The summed E-state index contributed by atoms with van der Waals surface area (Å²) in [5.74, 6) is 0. The number of ether oxygens (including phenoxy) is 1.